The molecule has 0 aliphatic carbocycles. The number of thioether (sulfide) groups is 1. The molecule has 2 heteroatoms. The maximum absolute atomic E-state index is 10.0. The molecule has 1 N–H and O–H groups in total. The van der Waals surface area contributed by atoms with Gasteiger partial charge in [-0.25, -0.2) is 0 Å². The zero-order valence-electron chi connectivity index (χ0n) is 11.1. The second kappa shape index (κ2) is 7.78. The monoisotopic (exact) mass is 252 g/mol. The van der Waals surface area contributed by atoms with Gasteiger partial charge in [-0.05, 0) is 35.8 Å². The lowest BCUT2D eigenvalue weighted by atomic mass is 10.0. The molecule has 0 heterocycles. The van der Waals surface area contributed by atoms with E-state index in [4.69, 9.17) is 0 Å². The molecule has 0 amide bonds. The van der Waals surface area contributed by atoms with Gasteiger partial charge in [0.2, 0.25) is 0 Å². The van der Waals surface area contributed by atoms with Gasteiger partial charge in [0.05, 0.1) is 6.10 Å². The van der Waals surface area contributed by atoms with Crippen LogP contribution in [0, 0.1) is 5.92 Å². The topological polar surface area (TPSA) is 20.2 Å². The quantitative estimate of drug-likeness (QED) is 0.712. The van der Waals surface area contributed by atoms with E-state index < -0.39 is 0 Å². The van der Waals surface area contributed by atoms with Crippen LogP contribution in [-0.4, -0.2) is 10.9 Å². The molecule has 0 saturated heterocycles. The fourth-order valence-corrected chi connectivity index (χ4v) is 2.50. The zero-order valence-corrected chi connectivity index (χ0v) is 12.0. The summed E-state index contributed by atoms with van der Waals surface area (Å²) in [5.74, 6) is 1.82. The normalized spacial score (nSPS) is 13.0. The SMILES string of the molecule is CCSc1ccc(C(O)CCCC(C)C)cc1. The van der Waals surface area contributed by atoms with E-state index in [1.165, 1.54) is 11.3 Å². The van der Waals surface area contributed by atoms with Crippen molar-refractivity contribution < 1.29 is 5.11 Å². The van der Waals surface area contributed by atoms with Gasteiger partial charge in [0, 0.05) is 4.90 Å². The first kappa shape index (κ1) is 14.6. The first-order chi connectivity index (χ1) is 8.13. The molecular formula is C15H24OS. The largest absolute Gasteiger partial charge is 0.388 e. The van der Waals surface area contributed by atoms with Crippen molar-refractivity contribution in [3.63, 3.8) is 0 Å². The number of aliphatic hydroxyl groups excluding tert-OH is 1. The molecule has 1 unspecified atom stereocenters. The van der Waals surface area contributed by atoms with E-state index in [0.29, 0.717) is 0 Å². The number of hydrogen-bond donors (Lipinski definition) is 1. The van der Waals surface area contributed by atoms with Gasteiger partial charge in [-0.2, -0.15) is 0 Å². The highest BCUT2D eigenvalue weighted by molar-refractivity contribution is 7.99. The summed E-state index contributed by atoms with van der Waals surface area (Å²) in [4.78, 5) is 1.28. The third kappa shape index (κ3) is 5.60. The van der Waals surface area contributed by atoms with Gasteiger partial charge in [-0.15, -0.1) is 11.8 Å². The van der Waals surface area contributed by atoms with Crippen molar-refractivity contribution in [3.05, 3.63) is 29.8 Å². The lowest BCUT2D eigenvalue weighted by Gasteiger charge is -2.12. The third-order valence-corrected chi connectivity index (χ3v) is 3.73. The van der Waals surface area contributed by atoms with Gasteiger partial charge in [-0.3, -0.25) is 0 Å². The third-order valence-electron chi connectivity index (χ3n) is 2.83. The maximum atomic E-state index is 10.0. The Bertz CT molecular complexity index is 305. The average molecular weight is 252 g/mol. The van der Waals surface area contributed by atoms with Gasteiger partial charge >= 0.3 is 0 Å². The molecule has 96 valence electrons. The highest BCUT2D eigenvalue weighted by atomic mass is 32.2. The van der Waals surface area contributed by atoms with Crippen molar-refractivity contribution in [2.24, 2.45) is 5.92 Å². The van der Waals surface area contributed by atoms with Crippen molar-refractivity contribution in [1.82, 2.24) is 0 Å². The molecule has 0 bridgehead atoms. The van der Waals surface area contributed by atoms with Crippen LogP contribution in [0.4, 0.5) is 0 Å². The molecule has 0 fully saturated rings. The molecule has 0 spiro atoms. The smallest absolute Gasteiger partial charge is 0.0790 e. The van der Waals surface area contributed by atoms with E-state index in [2.05, 4.69) is 45.0 Å². The second-order valence-corrected chi connectivity index (χ2v) is 6.18. The first-order valence-electron chi connectivity index (χ1n) is 6.54. The van der Waals surface area contributed by atoms with Crippen LogP contribution in [-0.2, 0) is 0 Å². The summed E-state index contributed by atoms with van der Waals surface area (Å²) in [5, 5.41) is 10.0. The molecule has 0 aliphatic rings. The van der Waals surface area contributed by atoms with Crippen LogP contribution in [0.2, 0.25) is 0 Å². The van der Waals surface area contributed by atoms with E-state index in [1.54, 1.807) is 0 Å². The molecule has 0 radical (unpaired) electrons. The predicted octanol–water partition coefficient (Wildman–Crippen LogP) is 4.66. The Kier molecular flexibility index (Phi) is 6.68. The second-order valence-electron chi connectivity index (χ2n) is 4.84. The fraction of sp³-hybridized carbons (Fsp3) is 0.600. The molecule has 0 aromatic heterocycles. The Labute approximate surface area is 110 Å². The summed E-state index contributed by atoms with van der Waals surface area (Å²) >= 11 is 1.84. The lowest BCUT2D eigenvalue weighted by Crippen LogP contribution is -1.98. The van der Waals surface area contributed by atoms with E-state index in [1.807, 2.05) is 11.8 Å². The molecule has 1 aromatic carbocycles. The Morgan fingerprint density at radius 1 is 1.12 bits per heavy atom. The summed E-state index contributed by atoms with van der Waals surface area (Å²) in [6.45, 7) is 6.60. The summed E-state index contributed by atoms with van der Waals surface area (Å²) in [6.07, 6.45) is 2.87. The minimum atomic E-state index is -0.297. The van der Waals surface area contributed by atoms with E-state index >= 15 is 0 Å². The number of hydrogen-bond acceptors (Lipinski definition) is 2. The minimum absolute atomic E-state index is 0.297. The van der Waals surface area contributed by atoms with Gasteiger partial charge < -0.3 is 5.11 Å². The lowest BCUT2D eigenvalue weighted by molar-refractivity contribution is 0.162. The predicted molar refractivity (Wildman–Crippen MR) is 76.5 cm³/mol. The maximum Gasteiger partial charge on any atom is 0.0790 e. The van der Waals surface area contributed by atoms with Crippen LogP contribution >= 0.6 is 11.8 Å². The average Bonchev–Trinajstić information content (AvgIpc) is 2.30. The van der Waals surface area contributed by atoms with Crippen LogP contribution < -0.4 is 0 Å². The van der Waals surface area contributed by atoms with Crippen molar-refractivity contribution in [1.29, 1.82) is 0 Å². The highest BCUT2D eigenvalue weighted by Gasteiger charge is 2.07. The molecule has 17 heavy (non-hydrogen) atoms. The van der Waals surface area contributed by atoms with Crippen LogP contribution in [0.15, 0.2) is 29.2 Å². The minimum Gasteiger partial charge on any atom is -0.388 e. The van der Waals surface area contributed by atoms with E-state index in [9.17, 15) is 5.11 Å². The summed E-state index contributed by atoms with van der Waals surface area (Å²) in [6, 6.07) is 8.32. The van der Waals surface area contributed by atoms with Crippen molar-refractivity contribution >= 4 is 11.8 Å². The Morgan fingerprint density at radius 2 is 1.76 bits per heavy atom. The Morgan fingerprint density at radius 3 is 2.29 bits per heavy atom. The standard InChI is InChI=1S/C15H24OS/c1-4-17-14-10-8-13(9-11-14)15(16)7-5-6-12(2)3/h8-12,15-16H,4-7H2,1-3H3. The van der Waals surface area contributed by atoms with Crippen molar-refractivity contribution in [2.45, 2.75) is 51.0 Å². The molecule has 0 aliphatic heterocycles. The van der Waals surface area contributed by atoms with Crippen LogP contribution in [0.1, 0.15) is 51.7 Å². The molecular weight excluding hydrogens is 228 g/mol. The van der Waals surface area contributed by atoms with Gasteiger partial charge in [0.25, 0.3) is 0 Å². The van der Waals surface area contributed by atoms with Gasteiger partial charge in [0.1, 0.15) is 0 Å². The Balaban J connectivity index is 2.43. The summed E-state index contributed by atoms with van der Waals surface area (Å²) < 4.78 is 0. The number of benzene rings is 1. The molecule has 1 rings (SSSR count). The fourth-order valence-electron chi connectivity index (χ4n) is 1.84. The van der Waals surface area contributed by atoms with E-state index in [-0.39, 0.29) is 6.10 Å². The summed E-state index contributed by atoms with van der Waals surface area (Å²) in [5.41, 5.74) is 1.05. The van der Waals surface area contributed by atoms with Crippen molar-refractivity contribution in [2.75, 3.05) is 5.75 Å². The summed E-state index contributed by atoms with van der Waals surface area (Å²) in [7, 11) is 0. The van der Waals surface area contributed by atoms with Gasteiger partial charge in [-0.1, -0.05) is 45.7 Å². The molecule has 1 nitrogen and oxygen atoms in total. The number of aliphatic hydroxyl groups is 1. The molecule has 1 aromatic rings. The first-order valence-corrected chi connectivity index (χ1v) is 7.52. The van der Waals surface area contributed by atoms with Gasteiger partial charge in [0.15, 0.2) is 0 Å². The zero-order chi connectivity index (χ0) is 12.7. The highest BCUT2D eigenvalue weighted by Crippen LogP contribution is 2.24. The van der Waals surface area contributed by atoms with Crippen molar-refractivity contribution in [3.8, 4) is 0 Å². The van der Waals surface area contributed by atoms with Crippen LogP contribution in [0.3, 0.4) is 0 Å². The van der Waals surface area contributed by atoms with Crippen LogP contribution in [0.5, 0.6) is 0 Å². The Hall–Kier alpha value is -0.470. The van der Waals surface area contributed by atoms with E-state index in [0.717, 1.165) is 30.1 Å². The molecule has 0 saturated carbocycles. The molecule has 1 atom stereocenters. The van der Waals surface area contributed by atoms with Crippen LogP contribution in [0.25, 0.3) is 0 Å². The number of rotatable bonds is 7.